The van der Waals surface area contributed by atoms with E-state index in [1.807, 2.05) is 0 Å². The number of carbonyl (C=O) groups excluding carboxylic acids is 1. The van der Waals surface area contributed by atoms with E-state index < -0.39 is 15.9 Å². The van der Waals surface area contributed by atoms with Crippen molar-refractivity contribution < 1.29 is 13.2 Å². The molecule has 10 heteroatoms. The molecular formula is C17H16Cl4N2O3S. The molecule has 5 nitrogen and oxygen atoms in total. The Morgan fingerprint density at radius 2 is 1.56 bits per heavy atom. The smallest absolute Gasteiger partial charge is 0.255 e. The fourth-order valence-corrected chi connectivity index (χ4v) is 4.64. The first-order valence-corrected chi connectivity index (χ1v) is 11.0. The Labute approximate surface area is 178 Å². The van der Waals surface area contributed by atoms with E-state index in [0.29, 0.717) is 15.7 Å². The van der Waals surface area contributed by atoms with Crippen molar-refractivity contribution in [2.45, 2.75) is 4.90 Å². The number of rotatable bonds is 8. The van der Waals surface area contributed by atoms with E-state index >= 15 is 0 Å². The second kappa shape index (κ2) is 9.96. The fraction of sp³-hybridized carbons (Fsp3) is 0.235. The minimum atomic E-state index is -3.74. The summed E-state index contributed by atoms with van der Waals surface area (Å²) in [6, 6.07) is 10.3. The molecular weight excluding hydrogens is 454 g/mol. The number of amides is 1. The lowest BCUT2D eigenvalue weighted by molar-refractivity contribution is 0.102. The lowest BCUT2D eigenvalue weighted by Crippen LogP contribution is -2.34. The zero-order valence-electron chi connectivity index (χ0n) is 14.0. The Morgan fingerprint density at radius 1 is 0.963 bits per heavy atom. The summed E-state index contributed by atoms with van der Waals surface area (Å²) >= 11 is 23.3. The highest BCUT2D eigenvalue weighted by molar-refractivity contribution is 7.89. The molecule has 0 radical (unpaired) electrons. The van der Waals surface area contributed by atoms with Gasteiger partial charge in [0.15, 0.2) is 0 Å². The normalized spacial score (nSPS) is 11.6. The van der Waals surface area contributed by atoms with Crippen molar-refractivity contribution in [1.29, 1.82) is 0 Å². The van der Waals surface area contributed by atoms with Gasteiger partial charge in [-0.25, -0.2) is 8.42 Å². The first kappa shape index (κ1) is 22.3. The van der Waals surface area contributed by atoms with Gasteiger partial charge < -0.3 is 5.32 Å². The van der Waals surface area contributed by atoms with Crippen LogP contribution in [-0.2, 0) is 10.0 Å². The van der Waals surface area contributed by atoms with Gasteiger partial charge in [-0.05, 0) is 42.5 Å². The molecule has 0 aromatic heterocycles. The highest BCUT2D eigenvalue weighted by Gasteiger charge is 2.23. The zero-order valence-corrected chi connectivity index (χ0v) is 17.8. The van der Waals surface area contributed by atoms with Crippen LogP contribution in [0.4, 0.5) is 5.69 Å². The molecule has 0 saturated heterocycles. The molecule has 2 aromatic rings. The molecule has 0 spiro atoms. The van der Waals surface area contributed by atoms with Gasteiger partial charge in [0.05, 0.1) is 15.6 Å². The number of nitrogens with zero attached hydrogens (tertiary/aromatic N) is 1. The van der Waals surface area contributed by atoms with Crippen LogP contribution in [0.5, 0.6) is 0 Å². The summed E-state index contributed by atoms with van der Waals surface area (Å²) < 4.78 is 26.5. The Bertz CT molecular complexity index is 899. The van der Waals surface area contributed by atoms with Crippen LogP contribution in [0.3, 0.4) is 0 Å². The van der Waals surface area contributed by atoms with Gasteiger partial charge in [0.2, 0.25) is 10.0 Å². The minimum Gasteiger partial charge on any atom is -0.321 e. The second-order valence-corrected chi connectivity index (χ2v) is 8.92. The summed E-state index contributed by atoms with van der Waals surface area (Å²) in [4.78, 5) is 12.4. The van der Waals surface area contributed by atoms with E-state index in [4.69, 9.17) is 46.4 Å². The number of hydrogen-bond donors (Lipinski definition) is 1. The molecule has 1 N–H and O–H groups in total. The lowest BCUT2D eigenvalue weighted by atomic mass is 10.2. The van der Waals surface area contributed by atoms with Crippen molar-refractivity contribution in [2.24, 2.45) is 0 Å². The third-order valence-corrected chi connectivity index (χ3v) is 6.41. The Kier molecular flexibility index (Phi) is 8.21. The highest BCUT2D eigenvalue weighted by Crippen LogP contribution is 2.26. The standard InChI is InChI=1S/C17H16Cl4N2O3S/c18-7-9-23(10-8-19)27(25,26)14-4-1-12(2-5-14)17(24)22-16-11-13(20)3-6-15(16)21/h1-6,11H,7-10H2,(H,22,24). The van der Waals surface area contributed by atoms with E-state index in [1.54, 1.807) is 12.1 Å². The molecule has 0 aliphatic carbocycles. The number of anilines is 1. The number of benzene rings is 2. The van der Waals surface area contributed by atoms with Crippen molar-refractivity contribution in [3.05, 3.63) is 58.1 Å². The zero-order chi connectivity index (χ0) is 20.0. The number of alkyl halides is 2. The molecule has 27 heavy (non-hydrogen) atoms. The largest absolute Gasteiger partial charge is 0.321 e. The summed E-state index contributed by atoms with van der Waals surface area (Å²) in [6.45, 7) is 0.290. The second-order valence-electron chi connectivity index (χ2n) is 5.38. The van der Waals surface area contributed by atoms with E-state index in [2.05, 4.69) is 5.32 Å². The molecule has 2 aromatic carbocycles. The van der Waals surface area contributed by atoms with Crippen molar-refractivity contribution >= 4 is 68.0 Å². The maximum Gasteiger partial charge on any atom is 0.255 e. The SMILES string of the molecule is O=C(Nc1cc(Cl)ccc1Cl)c1ccc(S(=O)(=O)N(CCCl)CCCl)cc1. The van der Waals surface area contributed by atoms with Gasteiger partial charge in [-0.15, -0.1) is 23.2 Å². The molecule has 0 unspecified atom stereocenters. The molecule has 0 aliphatic heterocycles. The van der Waals surface area contributed by atoms with Gasteiger partial charge in [-0.2, -0.15) is 4.31 Å². The molecule has 146 valence electrons. The maximum atomic E-state index is 12.6. The molecule has 0 bridgehead atoms. The van der Waals surface area contributed by atoms with Crippen LogP contribution in [0.15, 0.2) is 47.4 Å². The number of halogens is 4. The molecule has 0 aliphatic rings. The Morgan fingerprint density at radius 3 is 2.11 bits per heavy atom. The number of hydrogen-bond acceptors (Lipinski definition) is 3. The Hall–Kier alpha value is -1.02. The highest BCUT2D eigenvalue weighted by atomic mass is 35.5. The van der Waals surface area contributed by atoms with E-state index in [9.17, 15) is 13.2 Å². The lowest BCUT2D eigenvalue weighted by Gasteiger charge is -2.20. The van der Waals surface area contributed by atoms with Crippen molar-refractivity contribution in [3.63, 3.8) is 0 Å². The summed E-state index contributed by atoms with van der Waals surface area (Å²) in [5.41, 5.74) is 0.632. The van der Waals surface area contributed by atoms with Crippen molar-refractivity contribution in [2.75, 3.05) is 30.2 Å². The van der Waals surface area contributed by atoms with Gasteiger partial charge in [-0.1, -0.05) is 23.2 Å². The molecule has 2 rings (SSSR count). The molecule has 0 atom stereocenters. The monoisotopic (exact) mass is 468 g/mol. The summed E-state index contributed by atoms with van der Waals surface area (Å²) in [6.07, 6.45) is 0. The van der Waals surface area contributed by atoms with Crippen LogP contribution < -0.4 is 5.32 Å². The van der Waals surface area contributed by atoms with Crippen LogP contribution in [0, 0.1) is 0 Å². The predicted octanol–water partition coefficient (Wildman–Crippen LogP) is 4.71. The molecule has 0 heterocycles. The van der Waals surface area contributed by atoms with Crippen molar-refractivity contribution in [1.82, 2.24) is 4.31 Å². The first-order chi connectivity index (χ1) is 12.8. The van der Waals surface area contributed by atoms with Crippen molar-refractivity contribution in [3.8, 4) is 0 Å². The van der Waals surface area contributed by atoms with Crippen LogP contribution in [0.2, 0.25) is 10.0 Å². The van der Waals surface area contributed by atoms with Gasteiger partial charge in [0.1, 0.15) is 0 Å². The van der Waals surface area contributed by atoms with Gasteiger partial charge in [0.25, 0.3) is 5.91 Å². The number of carbonyl (C=O) groups is 1. The van der Waals surface area contributed by atoms with E-state index in [1.165, 1.54) is 34.6 Å². The Balaban J connectivity index is 2.20. The first-order valence-electron chi connectivity index (χ1n) is 7.78. The molecule has 0 saturated carbocycles. The van der Waals surface area contributed by atoms with Crippen LogP contribution in [-0.4, -0.2) is 43.5 Å². The van der Waals surface area contributed by atoms with Gasteiger partial charge in [0, 0.05) is 35.4 Å². The number of nitrogens with one attached hydrogen (secondary N) is 1. The molecule has 1 amide bonds. The summed E-state index contributed by atoms with van der Waals surface area (Å²) in [5, 5.41) is 3.40. The molecule has 0 fully saturated rings. The quantitative estimate of drug-likeness (QED) is 0.569. The minimum absolute atomic E-state index is 0.0510. The third-order valence-electron chi connectivity index (χ3n) is 3.60. The van der Waals surface area contributed by atoms with Gasteiger partial charge in [-0.3, -0.25) is 4.79 Å². The topological polar surface area (TPSA) is 66.5 Å². The summed E-state index contributed by atoms with van der Waals surface area (Å²) in [7, 11) is -3.74. The van der Waals surface area contributed by atoms with Crippen LogP contribution in [0.1, 0.15) is 10.4 Å². The summed E-state index contributed by atoms with van der Waals surface area (Å²) in [5.74, 6) is -0.143. The third kappa shape index (κ3) is 5.73. The number of sulfonamides is 1. The maximum absolute atomic E-state index is 12.6. The van der Waals surface area contributed by atoms with E-state index in [-0.39, 0.29) is 35.3 Å². The van der Waals surface area contributed by atoms with E-state index in [0.717, 1.165) is 0 Å². The van der Waals surface area contributed by atoms with Crippen LogP contribution in [0.25, 0.3) is 0 Å². The predicted molar refractivity (Wildman–Crippen MR) is 111 cm³/mol. The van der Waals surface area contributed by atoms with Crippen LogP contribution >= 0.6 is 46.4 Å². The fourth-order valence-electron chi connectivity index (χ4n) is 2.26. The average molecular weight is 470 g/mol. The van der Waals surface area contributed by atoms with Gasteiger partial charge >= 0.3 is 0 Å². The average Bonchev–Trinajstić information content (AvgIpc) is 2.64.